The molecule has 0 bridgehead atoms. The van der Waals surface area contributed by atoms with E-state index in [9.17, 15) is 15.0 Å². The molecule has 0 radical (unpaired) electrons. The number of nitrogens with one attached hydrogen (secondary N) is 1. The van der Waals surface area contributed by atoms with Crippen molar-refractivity contribution in [2.45, 2.75) is 231 Å². The van der Waals surface area contributed by atoms with Crippen LogP contribution in [-0.4, -0.2) is 34.9 Å². The molecule has 0 aromatic carbocycles. The fourth-order valence-corrected chi connectivity index (χ4v) is 6.18. The van der Waals surface area contributed by atoms with Crippen LogP contribution in [0.1, 0.15) is 219 Å². The number of aliphatic hydroxyl groups excluding tert-OH is 2. The smallest absolute Gasteiger partial charge is 0.220 e. The Morgan fingerprint density at radius 2 is 0.841 bits per heavy atom. The molecule has 0 unspecified atom stereocenters. The summed E-state index contributed by atoms with van der Waals surface area (Å²) in [5, 5.41) is 22.9. The van der Waals surface area contributed by atoms with Crippen molar-refractivity contribution in [2.24, 2.45) is 0 Å². The van der Waals surface area contributed by atoms with Crippen molar-refractivity contribution in [2.75, 3.05) is 6.61 Å². The summed E-state index contributed by atoms with van der Waals surface area (Å²) in [6, 6.07) is -0.614. The van der Waals surface area contributed by atoms with Gasteiger partial charge < -0.3 is 15.5 Å². The predicted molar refractivity (Wildman–Crippen MR) is 193 cm³/mol. The highest BCUT2D eigenvalue weighted by Crippen LogP contribution is 2.15. The molecule has 0 saturated carbocycles. The van der Waals surface area contributed by atoms with Gasteiger partial charge in [0.05, 0.1) is 18.8 Å². The minimum absolute atomic E-state index is 0.0613. The number of carbonyl (C=O) groups excluding carboxylic acids is 1. The molecule has 1 amide bonds. The first-order valence-electron chi connectivity index (χ1n) is 19.9. The van der Waals surface area contributed by atoms with E-state index >= 15 is 0 Å². The van der Waals surface area contributed by atoms with Crippen molar-refractivity contribution in [3.8, 4) is 0 Å². The Morgan fingerprint density at radius 1 is 0.523 bits per heavy atom. The molecule has 0 aromatic heterocycles. The van der Waals surface area contributed by atoms with E-state index in [1.54, 1.807) is 6.08 Å². The third-order valence-corrected chi connectivity index (χ3v) is 9.27. The van der Waals surface area contributed by atoms with Gasteiger partial charge in [0.1, 0.15) is 0 Å². The summed E-state index contributed by atoms with van der Waals surface area (Å²) in [5.41, 5.74) is 0. The van der Waals surface area contributed by atoms with E-state index in [0.29, 0.717) is 6.42 Å². The molecule has 0 aliphatic carbocycles. The number of hydrogen-bond acceptors (Lipinski definition) is 3. The van der Waals surface area contributed by atoms with Crippen molar-refractivity contribution in [3.63, 3.8) is 0 Å². The monoisotopic (exact) mass is 622 g/mol. The summed E-state index contributed by atoms with van der Waals surface area (Å²) >= 11 is 0. The Hall–Kier alpha value is -0.870. The first-order valence-corrected chi connectivity index (χ1v) is 19.9. The van der Waals surface area contributed by atoms with Crippen LogP contribution in [0.2, 0.25) is 0 Å². The van der Waals surface area contributed by atoms with Crippen LogP contribution in [0, 0.1) is 0 Å². The highest BCUT2D eigenvalue weighted by molar-refractivity contribution is 5.76. The minimum Gasteiger partial charge on any atom is -0.394 e. The van der Waals surface area contributed by atoms with E-state index in [-0.39, 0.29) is 12.5 Å². The van der Waals surface area contributed by atoms with E-state index in [1.165, 1.54) is 173 Å². The van der Waals surface area contributed by atoms with Crippen LogP contribution in [0.15, 0.2) is 12.2 Å². The Labute approximate surface area is 276 Å². The first kappa shape index (κ1) is 43.1. The summed E-state index contributed by atoms with van der Waals surface area (Å²) in [7, 11) is 0. The minimum atomic E-state index is -0.832. The lowest BCUT2D eigenvalue weighted by Crippen LogP contribution is -2.45. The summed E-state index contributed by atoms with van der Waals surface area (Å²) < 4.78 is 0. The third-order valence-electron chi connectivity index (χ3n) is 9.27. The Balaban J connectivity index is 3.54. The van der Waals surface area contributed by atoms with Gasteiger partial charge in [-0.2, -0.15) is 0 Å². The lowest BCUT2D eigenvalue weighted by atomic mass is 10.0. The van der Waals surface area contributed by atoms with Crippen LogP contribution in [0.4, 0.5) is 0 Å². The highest BCUT2D eigenvalue weighted by atomic mass is 16.3. The Kier molecular flexibility index (Phi) is 35.9. The van der Waals surface area contributed by atoms with Crippen LogP contribution in [0.25, 0.3) is 0 Å². The van der Waals surface area contributed by atoms with E-state index in [0.717, 1.165) is 25.7 Å². The average molecular weight is 622 g/mol. The van der Waals surface area contributed by atoms with Crippen LogP contribution < -0.4 is 5.32 Å². The molecule has 0 heterocycles. The first-order chi connectivity index (χ1) is 21.7. The number of carbonyl (C=O) groups is 1. The maximum atomic E-state index is 12.3. The van der Waals surface area contributed by atoms with Crippen molar-refractivity contribution in [1.82, 2.24) is 5.32 Å². The van der Waals surface area contributed by atoms with Crippen LogP contribution >= 0.6 is 0 Å². The summed E-state index contributed by atoms with van der Waals surface area (Å²) in [5.74, 6) is -0.0613. The van der Waals surface area contributed by atoms with Crippen molar-refractivity contribution in [1.29, 1.82) is 0 Å². The average Bonchev–Trinajstić information content (AvgIpc) is 3.03. The van der Waals surface area contributed by atoms with Crippen LogP contribution in [-0.2, 0) is 4.79 Å². The molecule has 262 valence electrons. The largest absolute Gasteiger partial charge is 0.394 e. The molecular weight excluding hydrogens is 542 g/mol. The molecule has 2 atom stereocenters. The van der Waals surface area contributed by atoms with E-state index in [2.05, 4.69) is 19.2 Å². The number of amides is 1. The second-order valence-electron chi connectivity index (χ2n) is 13.7. The van der Waals surface area contributed by atoms with E-state index in [4.69, 9.17) is 0 Å². The van der Waals surface area contributed by atoms with Crippen molar-refractivity contribution < 1.29 is 15.0 Å². The molecule has 44 heavy (non-hydrogen) atoms. The van der Waals surface area contributed by atoms with Gasteiger partial charge in [-0.1, -0.05) is 206 Å². The molecule has 3 N–H and O–H groups in total. The molecule has 0 saturated heterocycles. The van der Waals surface area contributed by atoms with Gasteiger partial charge >= 0.3 is 0 Å². The zero-order chi connectivity index (χ0) is 32.2. The van der Waals surface area contributed by atoms with Gasteiger partial charge in [-0.25, -0.2) is 0 Å². The summed E-state index contributed by atoms with van der Waals surface area (Å²) in [6.07, 6.45) is 44.5. The van der Waals surface area contributed by atoms with Gasteiger partial charge in [0.25, 0.3) is 0 Å². The topological polar surface area (TPSA) is 69.6 Å². The Morgan fingerprint density at radius 3 is 1.18 bits per heavy atom. The Bertz CT molecular complexity index is 593. The maximum absolute atomic E-state index is 12.3. The SMILES string of the molecule is CCCCCCCCCCCCC/C=C/[C@@H](O)[C@@H](CO)NC(=O)CCCCCCCCCCCCCCCCCCCCC. The van der Waals surface area contributed by atoms with Gasteiger partial charge in [-0.05, 0) is 19.3 Å². The molecule has 0 aliphatic heterocycles. The fraction of sp³-hybridized carbons (Fsp3) is 0.925. The zero-order valence-corrected chi connectivity index (χ0v) is 29.9. The quantitative estimate of drug-likeness (QED) is 0.0481. The number of unbranched alkanes of at least 4 members (excludes halogenated alkanes) is 29. The van der Waals surface area contributed by atoms with Gasteiger partial charge in [-0.3, -0.25) is 4.79 Å². The second kappa shape index (κ2) is 36.6. The normalized spacial score (nSPS) is 13.1. The third kappa shape index (κ3) is 32.5. The molecule has 0 spiro atoms. The van der Waals surface area contributed by atoms with Crippen LogP contribution in [0.5, 0.6) is 0 Å². The molecule has 0 aromatic rings. The second-order valence-corrected chi connectivity index (χ2v) is 13.7. The van der Waals surface area contributed by atoms with Gasteiger partial charge in [0.2, 0.25) is 5.91 Å². The molecule has 0 fully saturated rings. The number of hydrogen-bond donors (Lipinski definition) is 3. The lowest BCUT2D eigenvalue weighted by Gasteiger charge is -2.20. The van der Waals surface area contributed by atoms with Crippen molar-refractivity contribution in [3.05, 3.63) is 12.2 Å². The van der Waals surface area contributed by atoms with Gasteiger partial charge in [0, 0.05) is 6.42 Å². The van der Waals surface area contributed by atoms with Gasteiger partial charge in [-0.15, -0.1) is 0 Å². The van der Waals surface area contributed by atoms with Gasteiger partial charge in [0.15, 0.2) is 0 Å². The summed E-state index contributed by atoms with van der Waals surface area (Å²) in [6.45, 7) is 4.31. The summed E-state index contributed by atoms with van der Waals surface area (Å²) in [4.78, 5) is 12.3. The van der Waals surface area contributed by atoms with E-state index in [1.807, 2.05) is 6.08 Å². The molecule has 0 aliphatic rings. The zero-order valence-electron chi connectivity index (χ0n) is 29.9. The number of rotatable bonds is 36. The predicted octanol–water partition coefficient (Wildman–Crippen LogP) is 11.9. The molecule has 4 nitrogen and oxygen atoms in total. The molecular formula is C40H79NO3. The maximum Gasteiger partial charge on any atom is 0.220 e. The molecule has 4 heteroatoms. The molecule has 0 rings (SSSR count). The lowest BCUT2D eigenvalue weighted by molar-refractivity contribution is -0.123. The number of allylic oxidation sites excluding steroid dienone is 1. The standard InChI is InChI=1S/C40H79NO3/c1-3-5-7-9-11-13-15-17-18-19-20-21-22-24-26-28-30-32-34-36-40(44)41-38(37-42)39(43)35-33-31-29-27-25-23-16-14-12-10-8-6-4-2/h33,35,38-39,42-43H,3-32,34,36-37H2,1-2H3,(H,41,44)/b35-33+/t38-,39-/m1/s1. The fourth-order valence-electron chi connectivity index (χ4n) is 6.18. The van der Waals surface area contributed by atoms with Crippen LogP contribution in [0.3, 0.4) is 0 Å². The van der Waals surface area contributed by atoms with Crippen molar-refractivity contribution >= 4 is 5.91 Å². The highest BCUT2D eigenvalue weighted by Gasteiger charge is 2.17. The van der Waals surface area contributed by atoms with E-state index < -0.39 is 12.1 Å². The number of aliphatic hydroxyl groups is 2.